The van der Waals surface area contributed by atoms with Gasteiger partial charge in [-0.05, 0) is 67.4 Å². The van der Waals surface area contributed by atoms with Crippen LogP contribution in [0.15, 0.2) is 60.2 Å². The van der Waals surface area contributed by atoms with Gasteiger partial charge in [-0.3, -0.25) is 4.79 Å². The minimum absolute atomic E-state index is 0.0242. The topological polar surface area (TPSA) is 102 Å². The normalized spacial score (nSPS) is 45.8. The van der Waals surface area contributed by atoms with Crippen LogP contribution in [0.3, 0.4) is 0 Å². The van der Waals surface area contributed by atoms with Gasteiger partial charge in [0.1, 0.15) is 5.60 Å². The molecule has 186 valence electrons. The molecule has 1 aliphatic heterocycles. The Kier molecular flexibility index (Phi) is 5.05. The van der Waals surface area contributed by atoms with Gasteiger partial charge in [0.2, 0.25) is 0 Å². The number of hydrogen-bond donors (Lipinski definition) is 3. The first-order chi connectivity index (χ1) is 16.6. The molecule has 6 nitrogen and oxygen atoms in total. The number of carbonyl (C=O) groups excluding carboxylic acids is 1. The average Bonchev–Trinajstić information content (AvgIpc) is 3.32. The van der Waals surface area contributed by atoms with Gasteiger partial charge in [0.15, 0.2) is 12.1 Å². The highest BCUT2D eigenvalue weighted by molar-refractivity contribution is 6.01. The van der Waals surface area contributed by atoms with Crippen LogP contribution < -0.4 is 5.73 Å². The molecule has 0 radical (unpaired) electrons. The number of aliphatic hydroxyl groups is 2. The fourth-order valence-corrected chi connectivity index (χ4v) is 8.64. The van der Waals surface area contributed by atoms with E-state index in [1.807, 2.05) is 30.3 Å². The third-order valence-electron chi connectivity index (χ3n) is 10.2. The highest BCUT2D eigenvalue weighted by Gasteiger charge is 2.74. The van der Waals surface area contributed by atoms with Gasteiger partial charge in [0, 0.05) is 28.0 Å². The van der Waals surface area contributed by atoms with E-state index in [-0.39, 0.29) is 41.7 Å². The van der Waals surface area contributed by atoms with Gasteiger partial charge in [-0.1, -0.05) is 44.2 Å². The number of ether oxygens (including phenoxy) is 2. The highest BCUT2D eigenvalue weighted by atomic mass is 16.7. The van der Waals surface area contributed by atoms with E-state index < -0.39 is 23.4 Å². The molecule has 1 heterocycles. The fraction of sp³-hybridized carbons (Fsp3) is 0.552. The number of nitrogens with two attached hydrogens (primary N) is 1. The van der Waals surface area contributed by atoms with Crippen molar-refractivity contribution in [3.05, 3.63) is 65.8 Å². The van der Waals surface area contributed by atoms with E-state index in [1.165, 1.54) is 0 Å². The van der Waals surface area contributed by atoms with E-state index >= 15 is 0 Å². The van der Waals surface area contributed by atoms with Crippen LogP contribution in [0.2, 0.25) is 0 Å². The van der Waals surface area contributed by atoms with Crippen molar-refractivity contribution in [2.75, 3.05) is 12.3 Å². The zero-order valence-electron chi connectivity index (χ0n) is 20.4. The maximum Gasteiger partial charge on any atom is 0.185 e. The maximum absolute atomic E-state index is 12.1. The van der Waals surface area contributed by atoms with E-state index in [4.69, 9.17) is 15.2 Å². The molecule has 6 heteroatoms. The summed E-state index contributed by atoms with van der Waals surface area (Å²) in [6.45, 7) is 8.44. The van der Waals surface area contributed by atoms with Gasteiger partial charge in [0.25, 0.3) is 0 Å². The Labute approximate surface area is 206 Å². The number of allylic oxidation sites excluding steroid dienone is 4. The monoisotopic (exact) mass is 477 g/mol. The van der Waals surface area contributed by atoms with Crippen LogP contribution in [0.4, 0.5) is 5.69 Å². The lowest BCUT2D eigenvalue weighted by Gasteiger charge is -2.60. The molecule has 4 N–H and O–H groups in total. The van der Waals surface area contributed by atoms with Crippen LogP contribution in [0, 0.1) is 28.6 Å². The summed E-state index contributed by atoms with van der Waals surface area (Å²) >= 11 is 0. The number of nitrogen functional groups attached to an aromatic ring is 1. The van der Waals surface area contributed by atoms with Crippen molar-refractivity contribution in [3.8, 4) is 0 Å². The molecular formula is C29H35NO5. The summed E-state index contributed by atoms with van der Waals surface area (Å²) < 4.78 is 13.4. The van der Waals surface area contributed by atoms with Gasteiger partial charge in [-0.2, -0.15) is 0 Å². The Morgan fingerprint density at radius 1 is 1.26 bits per heavy atom. The zero-order valence-corrected chi connectivity index (χ0v) is 20.4. The molecule has 3 saturated carbocycles. The van der Waals surface area contributed by atoms with Gasteiger partial charge in [0.05, 0.1) is 18.8 Å². The molecular weight excluding hydrogens is 442 g/mol. The van der Waals surface area contributed by atoms with E-state index in [9.17, 15) is 15.0 Å². The summed E-state index contributed by atoms with van der Waals surface area (Å²) in [5, 5.41) is 22.0. The maximum atomic E-state index is 12.1. The first-order valence-electron chi connectivity index (χ1n) is 12.7. The molecule has 9 atom stereocenters. The molecule has 6 rings (SSSR count). The number of carbonyl (C=O) groups is 1. The summed E-state index contributed by atoms with van der Waals surface area (Å²) in [5.41, 5.74) is 7.51. The second kappa shape index (κ2) is 7.62. The molecule has 35 heavy (non-hydrogen) atoms. The Morgan fingerprint density at radius 3 is 2.71 bits per heavy atom. The largest absolute Gasteiger partial charge is 0.399 e. The molecule has 0 aromatic heterocycles. The summed E-state index contributed by atoms with van der Waals surface area (Å²) in [6, 6.07) is 7.49. The Balaban J connectivity index is 1.39. The lowest BCUT2D eigenvalue weighted by Crippen LogP contribution is -2.61. The standard InChI is InChI=1S/C29H35NO5/c1-16(15-31)29-24(34-26(35-29)17-4-7-19(30)8-5-17)13-22-21-9-6-18-12-20(32)10-11-27(18,2)25(21)23(33)14-28(22,29)3/h4-5,7-8,10-12,21-26,31,33H,1,6,9,13-15,30H2,2-3H3. The van der Waals surface area contributed by atoms with Crippen molar-refractivity contribution in [1.29, 1.82) is 0 Å². The Morgan fingerprint density at radius 2 is 2.00 bits per heavy atom. The molecule has 5 aliphatic rings. The van der Waals surface area contributed by atoms with Crippen LogP contribution >= 0.6 is 0 Å². The predicted molar refractivity (Wildman–Crippen MR) is 132 cm³/mol. The number of hydrogen-bond acceptors (Lipinski definition) is 6. The quantitative estimate of drug-likeness (QED) is 0.451. The van der Waals surface area contributed by atoms with Crippen molar-refractivity contribution < 1.29 is 24.5 Å². The number of aliphatic hydroxyl groups excluding tert-OH is 2. The van der Waals surface area contributed by atoms with Crippen LogP contribution in [-0.2, 0) is 14.3 Å². The summed E-state index contributed by atoms with van der Waals surface area (Å²) in [5.74, 6) is 0.548. The molecule has 0 bridgehead atoms. The molecule has 1 aromatic carbocycles. The van der Waals surface area contributed by atoms with Crippen molar-refractivity contribution >= 4 is 11.5 Å². The van der Waals surface area contributed by atoms with Gasteiger partial charge < -0.3 is 25.4 Å². The number of anilines is 1. The number of ketones is 1. The molecule has 9 unspecified atom stereocenters. The molecule has 0 spiro atoms. The van der Waals surface area contributed by atoms with E-state index in [0.29, 0.717) is 17.7 Å². The molecule has 0 amide bonds. The smallest absolute Gasteiger partial charge is 0.185 e. The molecule has 1 saturated heterocycles. The highest BCUT2D eigenvalue weighted by Crippen LogP contribution is 2.71. The third kappa shape index (κ3) is 2.94. The third-order valence-corrected chi connectivity index (χ3v) is 10.2. The molecule has 4 fully saturated rings. The van der Waals surface area contributed by atoms with Crippen molar-refractivity contribution in [2.45, 2.75) is 63.6 Å². The van der Waals surface area contributed by atoms with Crippen LogP contribution in [0.1, 0.15) is 51.4 Å². The van der Waals surface area contributed by atoms with Gasteiger partial charge in [-0.15, -0.1) is 0 Å². The Hall–Kier alpha value is -2.25. The van der Waals surface area contributed by atoms with Gasteiger partial charge in [-0.25, -0.2) is 0 Å². The van der Waals surface area contributed by atoms with Crippen LogP contribution in [-0.4, -0.2) is 40.4 Å². The predicted octanol–water partition coefficient (Wildman–Crippen LogP) is 3.86. The first-order valence-corrected chi connectivity index (χ1v) is 12.7. The average molecular weight is 478 g/mol. The number of fused-ring (bicyclic) bond motifs is 7. The van der Waals surface area contributed by atoms with Crippen molar-refractivity contribution in [3.63, 3.8) is 0 Å². The molecule has 4 aliphatic carbocycles. The van der Waals surface area contributed by atoms with E-state index in [2.05, 4.69) is 20.4 Å². The fourth-order valence-electron chi connectivity index (χ4n) is 8.64. The SMILES string of the molecule is C=C(CO)C12OC(c3ccc(N)cc3)OC1CC1C3CCC4=CC(=O)C=CC4(C)C3C(O)CC12C. The van der Waals surface area contributed by atoms with E-state index in [0.717, 1.165) is 30.4 Å². The summed E-state index contributed by atoms with van der Waals surface area (Å²) in [4.78, 5) is 12.1. The molecule has 1 aromatic rings. The second-order valence-corrected chi connectivity index (χ2v) is 11.7. The first kappa shape index (κ1) is 23.2. The van der Waals surface area contributed by atoms with Crippen LogP contribution in [0.25, 0.3) is 0 Å². The minimum Gasteiger partial charge on any atom is -0.399 e. The van der Waals surface area contributed by atoms with Crippen molar-refractivity contribution in [2.24, 2.45) is 28.6 Å². The van der Waals surface area contributed by atoms with Crippen LogP contribution in [0.5, 0.6) is 0 Å². The van der Waals surface area contributed by atoms with Gasteiger partial charge >= 0.3 is 0 Å². The second-order valence-electron chi connectivity index (χ2n) is 11.7. The minimum atomic E-state index is -0.889. The Bertz CT molecular complexity index is 1140. The lowest BCUT2D eigenvalue weighted by atomic mass is 9.46. The van der Waals surface area contributed by atoms with Crippen molar-refractivity contribution in [1.82, 2.24) is 0 Å². The summed E-state index contributed by atoms with van der Waals surface area (Å²) in [7, 11) is 0. The lowest BCUT2D eigenvalue weighted by molar-refractivity contribution is -0.186. The summed E-state index contributed by atoms with van der Waals surface area (Å²) in [6.07, 6.45) is 7.11. The van der Waals surface area contributed by atoms with E-state index in [1.54, 1.807) is 12.2 Å². The number of rotatable bonds is 3. The zero-order chi connectivity index (χ0) is 24.8. The number of benzene rings is 1.